The quantitative estimate of drug-likeness (QED) is 0.105. The molecular formula is C56H57Cl2F3SiZr. The summed E-state index contributed by atoms with van der Waals surface area (Å²) in [4.78, 5) is 0. The van der Waals surface area contributed by atoms with Gasteiger partial charge in [0.1, 0.15) is 0 Å². The summed E-state index contributed by atoms with van der Waals surface area (Å²) in [5.41, 5.74) is 8.49. The molecule has 0 saturated heterocycles. The van der Waals surface area contributed by atoms with Gasteiger partial charge in [-0.05, 0) is 57.3 Å². The smallest absolute Gasteiger partial charge is 0.0114 e. The third kappa shape index (κ3) is 13.1. The van der Waals surface area contributed by atoms with E-state index in [-0.39, 0.29) is 6.04 Å². The van der Waals surface area contributed by atoms with Gasteiger partial charge in [-0.1, -0.05) is 185 Å². The molecule has 2 saturated carbocycles. The molecule has 7 heteroatoms. The van der Waals surface area contributed by atoms with Gasteiger partial charge in [-0.15, -0.1) is 69.1 Å². The Morgan fingerprint density at radius 2 is 0.889 bits per heavy atom. The Hall–Kier alpha value is -3.47. The van der Waals surface area contributed by atoms with Crippen LogP contribution in [0.4, 0.5) is 13.2 Å². The molecule has 0 heterocycles. The Balaban J connectivity index is 0.000000154. The van der Waals surface area contributed by atoms with E-state index in [9.17, 15) is 13.2 Å². The second kappa shape index (κ2) is 23.6. The molecule has 10 rings (SSSR count). The van der Waals surface area contributed by atoms with Crippen LogP contribution in [0.1, 0.15) is 81.8 Å². The molecule has 0 nitrogen and oxygen atoms in total. The maximum Gasteiger partial charge on any atom is -0.0114 e. The number of hydrogen-bond donors (Lipinski definition) is 0. The molecule has 0 aliphatic heterocycles. The first-order valence-electron chi connectivity index (χ1n) is 22.7. The number of fused-ring (bicyclic) bond motifs is 4. The molecule has 2 aliphatic rings. The van der Waals surface area contributed by atoms with E-state index >= 15 is 0 Å². The maximum absolute atomic E-state index is 11.2. The van der Waals surface area contributed by atoms with Gasteiger partial charge in [0, 0.05) is 15.9 Å². The zero-order valence-electron chi connectivity index (χ0n) is 36.3. The van der Waals surface area contributed by atoms with E-state index in [0.29, 0.717) is 9.52 Å². The van der Waals surface area contributed by atoms with E-state index in [1.165, 1.54) is 154 Å². The third-order valence-corrected chi connectivity index (χ3v) is 13.7. The second-order valence-electron chi connectivity index (χ2n) is 17.4. The molecular weight excluding hydrogens is 920 g/mol. The summed E-state index contributed by atoms with van der Waals surface area (Å²) in [6, 6.07) is 54.4. The van der Waals surface area contributed by atoms with Gasteiger partial charge in [0.2, 0.25) is 0 Å². The monoisotopic (exact) mass is 974 g/mol. The molecule has 8 aromatic carbocycles. The van der Waals surface area contributed by atoms with Crippen molar-refractivity contribution in [3.05, 3.63) is 157 Å². The molecule has 63 heavy (non-hydrogen) atoms. The van der Waals surface area contributed by atoms with Crippen molar-refractivity contribution in [2.75, 3.05) is 0 Å². The Bertz CT molecular complexity index is 2460. The first kappa shape index (κ1) is 47.5. The molecule has 0 unspecified atom stereocenters. The minimum Gasteiger partial charge on any atom is -0.164 e. The van der Waals surface area contributed by atoms with Gasteiger partial charge in [-0.2, -0.15) is 25.3 Å². The molecule has 2 aliphatic carbocycles. The topological polar surface area (TPSA) is 0 Å². The number of rotatable bonds is 8. The molecule has 0 N–H and O–H groups in total. The predicted octanol–water partition coefficient (Wildman–Crippen LogP) is 18.5. The van der Waals surface area contributed by atoms with Gasteiger partial charge >= 0.3 is 44.1 Å². The second-order valence-corrected chi connectivity index (χ2v) is 22.3. The van der Waals surface area contributed by atoms with Crippen LogP contribution in [-0.2, 0) is 33.7 Å². The van der Waals surface area contributed by atoms with Gasteiger partial charge < -0.3 is 0 Å². The largest absolute Gasteiger partial charge is 0.164 e. The Labute approximate surface area is 393 Å². The van der Waals surface area contributed by atoms with Crippen molar-refractivity contribution < 1.29 is 34.0 Å². The van der Waals surface area contributed by atoms with Crippen molar-refractivity contribution >= 4 is 69.6 Å². The fourth-order valence-corrected chi connectivity index (χ4v) is 10.5. The van der Waals surface area contributed by atoms with E-state index in [1.54, 1.807) is 6.55 Å². The van der Waals surface area contributed by atoms with E-state index < -0.39 is 33.4 Å². The van der Waals surface area contributed by atoms with Crippen LogP contribution in [-0.4, -0.2) is 15.7 Å². The van der Waals surface area contributed by atoms with Gasteiger partial charge in [-0.3, -0.25) is 0 Å². The van der Waals surface area contributed by atoms with Crippen molar-refractivity contribution in [3.63, 3.8) is 0 Å². The van der Waals surface area contributed by atoms with E-state index in [4.69, 9.17) is 17.0 Å². The zero-order chi connectivity index (χ0) is 44.0. The van der Waals surface area contributed by atoms with Crippen LogP contribution in [0.25, 0.3) is 65.3 Å². The van der Waals surface area contributed by atoms with Crippen molar-refractivity contribution in [2.24, 2.45) is 11.8 Å². The summed E-state index contributed by atoms with van der Waals surface area (Å²) >= 11 is -0.826. The van der Waals surface area contributed by atoms with Crippen molar-refractivity contribution in [2.45, 2.75) is 102 Å². The third-order valence-electron chi connectivity index (χ3n) is 12.9. The van der Waals surface area contributed by atoms with Crippen LogP contribution in [0.2, 0.25) is 12.6 Å². The molecule has 2 fully saturated rings. The predicted molar refractivity (Wildman–Crippen MR) is 264 cm³/mol. The van der Waals surface area contributed by atoms with Gasteiger partial charge in [-0.25, -0.2) is 0 Å². The normalized spacial score (nSPS) is 14.6. The SMILES string of the molecule is C[Si]CCC(F)(F)F.[Cl][Zr+2][Cl].c1ccc2c(-c3cccc4[cH-]c(CC5CCCCC5)cc34)cccc2c1.c1ccc2c(-c3cccc4[cH-]c(CC5CCCCC5)cc34)cccc2c1. The molecule has 324 valence electrons. The summed E-state index contributed by atoms with van der Waals surface area (Å²) in [6.07, 6.45) is 12.2. The summed E-state index contributed by atoms with van der Waals surface area (Å²) in [6.45, 7) is 1.77. The van der Waals surface area contributed by atoms with Crippen molar-refractivity contribution in [1.82, 2.24) is 0 Å². The summed E-state index contributed by atoms with van der Waals surface area (Å²) < 4.78 is 33.7. The Kier molecular flexibility index (Phi) is 17.8. The average Bonchev–Trinajstić information content (AvgIpc) is 3.92. The van der Waals surface area contributed by atoms with E-state index in [1.807, 2.05) is 0 Å². The van der Waals surface area contributed by atoms with Crippen molar-refractivity contribution in [3.8, 4) is 22.3 Å². The fourth-order valence-electron chi connectivity index (χ4n) is 9.94. The molecule has 2 radical (unpaired) electrons. The maximum atomic E-state index is 11.2. The number of benzene rings is 6. The van der Waals surface area contributed by atoms with Crippen LogP contribution in [0, 0.1) is 11.8 Å². The minimum absolute atomic E-state index is 0.281. The summed E-state index contributed by atoms with van der Waals surface area (Å²) in [5, 5.41) is 10.9. The van der Waals surface area contributed by atoms with Gasteiger partial charge in [0.05, 0.1) is 0 Å². The van der Waals surface area contributed by atoms with Crippen LogP contribution >= 0.6 is 17.0 Å². The number of alkyl halides is 3. The Morgan fingerprint density at radius 1 is 0.524 bits per heavy atom. The Morgan fingerprint density at radius 3 is 1.27 bits per heavy atom. The molecule has 0 atom stereocenters. The first-order valence-corrected chi connectivity index (χ1v) is 30.8. The van der Waals surface area contributed by atoms with Gasteiger partial charge in [0.15, 0.2) is 0 Å². The van der Waals surface area contributed by atoms with Crippen LogP contribution < -0.4 is 0 Å². The molecule has 0 aromatic heterocycles. The minimum atomic E-state index is -3.94. The number of halogens is 5. The molecule has 0 spiro atoms. The van der Waals surface area contributed by atoms with Crippen LogP contribution in [0.3, 0.4) is 0 Å². The molecule has 8 aromatic rings. The summed E-state index contributed by atoms with van der Waals surface area (Å²) in [7, 11) is 10.3. The van der Waals surface area contributed by atoms with Gasteiger partial charge in [0.25, 0.3) is 0 Å². The average molecular weight is 977 g/mol. The first-order chi connectivity index (χ1) is 30.7. The van der Waals surface area contributed by atoms with Crippen LogP contribution in [0.5, 0.6) is 0 Å². The van der Waals surface area contributed by atoms with E-state index in [0.717, 1.165) is 11.8 Å². The molecule has 0 bridgehead atoms. The van der Waals surface area contributed by atoms with Crippen LogP contribution in [0.15, 0.2) is 146 Å². The summed E-state index contributed by atoms with van der Waals surface area (Å²) in [5.74, 6) is 1.78. The fraction of sp³-hybridized carbons (Fsp3) is 0.321. The van der Waals surface area contributed by atoms with Crippen molar-refractivity contribution in [1.29, 1.82) is 0 Å². The standard InChI is InChI=1S/2C26H25.C4H7F3Si.2ClH.Zr/c2*1-2-8-19(9-3-1)16-20-17-22-12-7-15-25(26(22)18-20)24-14-6-11-21-10-4-5-13-23(21)24;1-8-3-2-4(5,6)7;;;/h2*4-7,10-15,17-19H,1-3,8-9,16H2;2-3H2,1H3;2*1H;/q2*-1;;;;+4/p-2. The zero-order valence-corrected chi connectivity index (χ0v) is 41.3. The number of hydrogen-bond acceptors (Lipinski definition) is 0. The van der Waals surface area contributed by atoms with E-state index in [2.05, 4.69) is 146 Å². The molecule has 0 amide bonds.